The Hall–Kier alpha value is -2.70. The van der Waals surface area contributed by atoms with Crippen LogP contribution in [0.1, 0.15) is 252 Å². The van der Waals surface area contributed by atoms with Crippen LogP contribution in [-0.2, 0) is 14.3 Å². The first kappa shape index (κ1) is 60.3. The van der Waals surface area contributed by atoms with Crippen LogP contribution in [0.5, 0.6) is 0 Å². The number of amides is 1. The maximum Gasteiger partial charge on any atom is 0.306 e. The summed E-state index contributed by atoms with van der Waals surface area (Å²) in [5.41, 5.74) is 0. The smallest absolute Gasteiger partial charge is 0.306 e. The van der Waals surface area contributed by atoms with Crippen LogP contribution < -0.4 is 5.32 Å². The molecule has 0 radical (unpaired) electrons. The summed E-state index contributed by atoms with van der Waals surface area (Å²) in [7, 11) is 0. The average molecular weight is 880 g/mol. The number of aliphatic hydroxyl groups excluding tert-OH is 2. The third kappa shape index (κ3) is 45.7. The predicted octanol–water partition coefficient (Wildman–Crippen LogP) is 16.2. The number of hydrogen-bond acceptors (Lipinski definition) is 5. The van der Waals surface area contributed by atoms with Crippen molar-refractivity contribution in [2.24, 2.45) is 0 Å². The van der Waals surface area contributed by atoms with Crippen LogP contribution >= 0.6 is 0 Å². The Labute approximate surface area is 390 Å². The molecule has 0 heterocycles. The van der Waals surface area contributed by atoms with E-state index in [1.807, 2.05) is 0 Å². The molecular formula is C57H101NO5. The largest absolute Gasteiger partial charge is 0.462 e. The van der Waals surface area contributed by atoms with Gasteiger partial charge >= 0.3 is 5.97 Å². The fraction of sp³-hybridized carbons (Fsp3) is 0.754. The zero-order valence-electron chi connectivity index (χ0n) is 41.4. The molecule has 0 spiro atoms. The predicted molar refractivity (Wildman–Crippen MR) is 273 cm³/mol. The van der Waals surface area contributed by atoms with E-state index in [9.17, 15) is 19.8 Å². The van der Waals surface area contributed by atoms with E-state index in [1.165, 1.54) is 96.3 Å². The van der Waals surface area contributed by atoms with Crippen molar-refractivity contribution in [1.82, 2.24) is 5.32 Å². The topological polar surface area (TPSA) is 95.9 Å². The van der Waals surface area contributed by atoms with Gasteiger partial charge < -0.3 is 20.3 Å². The van der Waals surface area contributed by atoms with Gasteiger partial charge in [-0.2, -0.15) is 0 Å². The molecule has 0 fully saturated rings. The summed E-state index contributed by atoms with van der Waals surface area (Å²) >= 11 is 0. The second kappa shape index (κ2) is 50.3. The molecule has 0 aliphatic rings. The number of rotatable bonds is 47. The lowest BCUT2D eigenvalue weighted by atomic mass is 10.0. The second-order valence-electron chi connectivity index (χ2n) is 18.0. The fourth-order valence-corrected chi connectivity index (χ4v) is 7.83. The lowest BCUT2D eigenvalue weighted by Gasteiger charge is -2.24. The van der Waals surface area contributed by atoms with Crippen LogP contribution in [0, 0.1) is 0 Å². The standard InChI is InChI=1S/C57H101NO5/c1-4-7-10-13-16-19-22-25-27-28-29-30-32-35-38-41-44-47-50-57(62)63-53(48-45-42-39-36-33-24-21-18-15-12-9-6-3)51-56(61)58-54(52-59)55(60)49-46-43-40-37-34-31-26-23-20-17-14-11-8-5-2/h9,12,16,18-19,21-22,25,27-30,53-55,59-60H,4-8,10-11,13-15,17,20,23-24,26,31-52H2,1-3H3,(H,58,61)/b12-9+,19-16+,21-18+,25-22+,28-27+,30-29+. The minimum atomic E-state index is -0.799. The monoisotopic (exact) mass is 880 g/mol. The molecule has 0 rings (SSSR count). The highest BCUT2D eigenvalue weighted by Gasteiger charge is 2.24. The summed E-state index contributed by atoms with van der Waals surface area (Å²) in [6.45, 7) is 6.34. The van der Waals surface area contributed by atoms with Crippen molar-refractivity contribution in [2.45, 2.75) is 270 Å². The molecule has 0 aliphatic carbocycles. The molecule has 1 amide bonds. The first-order valence-electron chi connectivity index (χ1n) is 26.7. The van der Waals surface area contributed by atoms with Gasteiger partial charge in [0.05, 0.1) is 25.2 Å². The van der Waals surface area contributed by atoms with Gasteiger partial charge in [0.2, 0.25) is 5.91 Å². The van der Waals surface area contributed by atoms with E-state index < -0.39 is 18.2 Å². The highest BCUT2D eigenvalue weighted by molar-refractivity contribution is 5.77. The summed E-state index contributed by atoms with van der Waals surface area (Å²) in [5.74, 6) is -0.514. The second-order valence-corrected chi connectivity index (χ2v) is 18.0. The summed E-state index contributed by atoms with van der Waals surface area (Å²) in [4.78, 5) is 26.2. The van der Waals surface area contributed by atoms with E-state index in [1.54, 1.807) is 0 Å². The number of unbranched alkanes of at least 4 members (excludes halogenated alkanes) is 26. The molecule has 0 saturated heterocycles. The van der Waals surface area contributed by atoms with Gasteiger partial charge in [0.15, 0.2) is 0 Å². The number of carbonyl (C=O) groups is 2. The van der Waals surface area contributed by atoms with Gasteiger partial charge in [-0.1, -0.05) is 235 Å². The molecule has 364 valence electrons. The molecule has 3 atom stereocenters. The molecule has 0 aliphatic heterocycles. The van der Waals surface area contributed by atoms with Gasteiger partial charge in [-0.3, -0.25) is 9.59 Å². The SMILES string of the molecule is CC/C=C/C/C=C/CCCCCCCC(CC(=O)NC(CO)C(O)CCCCCCCCCCCCCCCC)OC(=O)CCCCCCC/C=C/C=C/C=C/C=C/CCCCC. The first-order chi connectivity index (χ1) is 31.0. The molecule has 63 heavy (non-hydrogen) atoms. The highest BCUT2D eigenvalue weighted by atomic mass is 16.5. The van der Waals surface area contributed by atoms with E-state index in [2.05, 4.69) is 99.0 Å². The van der Waals surface area contributed by atoms with Gasteiger partial charge in [0, 0.05) is 6.42 Å². The zero-order valence-corrected chi connectivity index (χ0v) is 41.4. The number of hydrogen-bond donors (Lipinski definition) is 3. The van der Waals surface area contributed by atoms with E-state index in [-0.39, 0.29) is 24.9 Å². The molecule has 0 aromatic rings. The summed E-state index contributed by atoms with van der Waals surface area (Å²) in [6, 6.07) is -0.714. The molecule has 0 aromatic carbocycles. The minimum Gasteiger partial charge on any atom is -0.462 e. The number of aliphatic hydroxyl groups is 2. The summed E-state index contributed by atoms with van der Waals surface area (Å²) < 4.78 is 5.92. The Morgan fingerprint density at radius 1 is 0.492 bits per heavy atom. The fourth-order valence-electron chi connectivity index (χ4n) is 7.83. The third-order valence-electron chi connectivity index (χ3n) is 11.9. The lowest BCUT2D eigenvalue weighted by molar-refractivity contribution is -0.151. The van der Waals surface area contributed by atoms with Crippen LogP contribution in [0.2, 0.25) is 0 Å². The van der Waals surface area contributed by atoms with Crippen molar-refractivity contribution < 1.29 is 24.5 Å². The van der Waals surface area contributed by atoms with E-state index >= 15 is 0 Å². The van der Waals surface area contributed by atoms with Crippen molar-refractivity contribution in [2.75, 3.05) is 6.61 Å². The van der Waals surface area contributed by atoms with Crippen molar-refractivity contribution in [1.29, 1.82) is 0 Å². The molecule has 0 saturated carbocycles. The lowest BCUT2D eigenvalue weighted by Crippen LogP contribution is -2.46. The number of allylic oxidation sites excluding steroid dienone is 12. The van der Waals surface area contributed by atoms with E-state index in [4.69, 9.17) is 4.74 Å². The summed E-state index contributed by atoms with van der Waals surface area (Å²) in [6.07, 6.45) is 63.8. The van der Waals surface area contributed by atoms with E-state index in [0.717, 1.165) is 109 Å². The van der Waals surface area contributed by atoms with Gasteiger partial charge in [-0.15, -0.1) is 0 Å². The first-order valence-corrected chi connectivity index (χ1v) is 26.7. The highest BCUT2D eigenvalue weighted by Crippen LogP contribution is 2.18. The maximum atomic E-state index is 13.2. The third-order valence-corrected chi connectivity index (χ3v) is 11.9. The van der Waals surface area contributed by atoms with Gasteiger partial charge in [0.25, 0.3) is 0 Å². The van der Waals surface area contributed by atoms with Crippen LogP contribution in [0.4, 0.5) is 0 Å². The average Bonchev–Trinajstić information content (AvgIpc) is 3.28. The molecule has 3 N–H and O–H groups in total. The Morgan fingerprint density at radius 3 is 1.46 bits per heavy atom. The van der Waals surface area contributed by atoms with Gasteiger partial charge in [-0.25, -0.2) is 0 Å². The van der Waals surface area contributed by atoms with Crippen molar-refractivity contribution in [3.05, 3.63) is 72.9 Å². The molecule has 6 heteroatoms. The van der Waals surface area contributed by atoms with Gasteiger partial charge in [0.1, 0.15) is 6.10 Å². The number of ether oxygens (including phenoxy) is 1. The Balaban J connectivity index is 4.60. The van der Waals surface area contributed by atoms with E-state index in [0.29, 0.717) is 19.3 Å². The molecule has 0 aromatic heterocycles. The quantitative estimate of drug-likeness (QED) is 0.0245. The Morgan fingerprint density at radius 2 is 0.921 bits per heavy atom. The van der Waals surface area contributed by atoms with Crippen molar-refractivity contribution in [3.63, 3.8) is 0 Å². The number of nitrogens with one attached hydrogen (secondary N) is 1. The molecule has 3 unspecified atom stereocenters. The zero-order chi connectivity index (χ0) is 45.9. The minimum absolute atomic E-state index is 0.0558. The Kier molecular flexibility index (Phi) is 48.1. The van der Waals surface area contributed by atoms with Crippen molar-refractivity contribution >= 4 is 11.9 Å². The maximum absolute atomic E-state index is 13.2. The number of carbonyl (C=O) groups excluding carboxylic acids is 2. The van der Waals surface area contributed by atoms with Crippen molar-refractivity contribution in [3.8, 4) is 0 Å². The van der Waals surface area contributed by atoms with Crippen LogP contribution in [0.3, 0.4) is 0 Å². The van der Waals surface area contributed by atoms with Crippen LogP contribution in [0.15, 0.2) is 72.9 Å². The Bertz CT molecular complexity index is 1170. The molecule has 0 bridgehead atoms. The van der Waals surface area contributed by atoms with Gasteiger partial charge in [-0.05, 0) is 77.0 Å². The summed E-state index contributed by atoms with van der Waals surface area (Å²) in [5, 5.41) is 23.8. The molecule has 6 nitrogen and oxygen atoms in total. The van der Waals surface area contributed by atoms with Crippen LogP contribution in [-0.4, -0.2) is 46.9 Å². The molecular weight excluding hydrogens is 779 g/mol. The normalized spacial score (nSPS) is 13.8. The number of esters is 1. The van der Waals surface area contributed by atoms with Crippen LogP contribution in [0.25, 0.3) is 0 Å².